The minimum Gasteiger partial charge on any atom is -0.352 e. The van der Waals surface area contributed by atoms with E-state index in [1.54, 1.807) is 0 Å². The summed E-state index contributed by atoms with van der Waals surface area (Å²) in [4.78, 5) is 30.9. The van der Waals surface area contributed by atoms with Crippen molar-refractivity contribution in [2.45, 2.75) is 94.5 Å². The first-order valence-corrected chi connectivity index (χ1v) is 12.2. The van der Waals surface area contributed by atoms with Gasteiger partial charge < -0.3 is 16.0 Å². The topological polar surface area (TPSA) is 78.7 Å². The van der Waals surface area contributed by atoms with Gasteiger partial charge in [-0.05, 0) is 63.4 Å². The Morgan fingerprint density at radius 2 is 1.68 bits per heavy atom. The minimum atomic E-state index is -0.328. The van der Waals surface area contributed by atoms with E-state index in [1.165, 1.54) is 18.4 Å². The molecule has 31 heavy (non-hydrogen) atoms. The van der Waals surface area contributed by atoms with Crippen molar-refractivity contribution in [2.24, 2.45) is 11.7 Å². The maximum atomic E-state index is 13.3. The largest absolute Gasteiger partial charge is 0.352 e. The standard InChI is InChI=1S/C25H36N4O2/c26-19-8-10-20(11-9-19)27-24(30)23-14-22(16-29(23)25(31)18-6-7-18)28(21-12-13-21)15-17-4-2-1-3-5-17/h1-5,18-23H,6-16,26H2,(H,27,30). The third-order valence-corrected chi connectivity index (χ3v) is 7.60. The molecule has 5 rings (SSSR count). The summed E-state index contributed by atoms with van der Waals surface area (Å²) in [5.74, 6) is 0.390. The molecule has 1 saturated heterocycles. The van der Waals surface area contributed by atoms with Crippen molar-refractivity contribution < 1.29 is 9.59 Å². The van der Waals surface area contributed by atoms with Gasteiger partial charge in [-0.25, -0.2) is 0 Å². The molecule has 0 spiro atoms. The second-order valence-electron chi connectivity index (χ2n) is 10.2. The fourth-order valence-electron chi connectivity index (χ4n) is 5.43. The summed E-state index contributed by atoms with van der Waals surface area (Å²) < 4.78 is 0. The highest BCUT2D eigenvalue weighted by Gasteiger charge is 2.48. The number of amides is 2. The molecule has 3 saturated carbocycles. The number of carbonyl (C=O) groups is 2. The Hall–Kier alpha value is -1.92. The van der Waals surface area contributed by atoms with Crippen LogP contribution in [0.3, 0.4) is 0 Å². The van der Waals surface area contributed by atoms with Crippen LogP contribution in [0.15, 0.2) is 30.3 Å². The Bertz CT molecular complexity index is 784. The summed E-state index contributed by atoms with van der Waals surface area (Å²) in [6, 6.07) is 11.6. The second-order valence-corrected chi connectivity index (χ2v) is 10.2. The highest BCUT2D eigenvalue weighted by atomic mass is 16.2. The SMILES string of the molecule is NC1CCC(NC(=O)C2CC(N(Cc3ccccc3)C3CC3)CN2C(=O)C2CC2)CC1. The number of nitrogens with one attached hydrogen (secondary N) is 1. The van der Waals surface area contributed by atoms with Crippen LogP contribution in [-0.4, -0.2) is 58.4 Å². The minimum absolute atomic E-state index is 0.0485. The molecule has 2 unspecified atom stereocenters. The molecular formula is C25H36N4O2. The summed E-state index contributed by atoms with van der Waals surface area (Å²) in [6.07, 6.45) is 8.98. The first-order chi connectivity index (χ1) is 15.1. The molecule has 0 aromatic heterocycles. The molecule has 1 aromatic rings. The summed E-state index contributed by atoms with van der Waals surface area (Å²) in [5, 5.41) is 3.27. The fraction of sp³-hybridized carbons (Fsp3) is 0.680. The van der Waals surface area contributed by atoms with Gasteiger partial charge >= 0.3 is 0 Å². The summed E-state index contributed by atoms with van der Waals surface area (Å²) in [7, 11) is 0. The van der Waals surface area contributed by atoms with Crippen LogP contribution in [0.25, 0.3) is 0 Å². The third-order valence-electron chi connectivity index (χ3n) is 7.60. The molecule has 0 bridgehead atoms. The van der Waals surface area contributed by atoms with Crippen molar-refractivity contribution in [3.63, 3.8) is 0 Å². The molecule has 2 atom stereocenters. The zero-order valence-electron chi connectivity index (χ0n) is 18.4. The summed E-state index contributed by atoms with van der Waals surface area (Å²) >= 11 is 0. The zero-order valence-corrected chi connectivity index (χ0v) is 18.4. The first kappa shape index (κ1) is 21.0. The lowest BCUT2D eigenvalue weighted by Crippen LogP contribution is -2.50. The Morgan fingerprint density at radius 3 is 2.32 bits per heavy atom. The highest BCUT2D eigenvalue weighted by molar-refractivity contribution is 5.90. The third kappa shape index (κ3) is 4.96. The van der Waals surface area contributed by atoms with Crippen LogP contribution >= 0.6 is 0 Å². The predicted molar refractivity (Wildman–Crippen MR) is 120 cm³/mol. The second kappa shape index (κ2) is 8.91. The molecule has 1 aromatic carbocycles. The molecule has 4 fully saturated rings. The van der Waals surface area contributed by atoms with Gasteiger partial charge in [-0.2, -0.15) is 0 Å². The van der Waals surface area contributed by atoms with Gasteiger partial charge in [0.25, 0.3) is 0 Å². The van der Waals surface area contributed by atoms with Crippen LogP contribution in [0.4, 0.5) is 0 Å². The van der Waals surface area contributed by atoms with Crippen molar-refractivity contribution in [3.8, 4) is 0 Å². The Labute approximate surface area is 185 Å². The lowest BCUT2D eigenvalue weighted by molar-refractivity contribution is -0.139. The molecule has 4 aliphatic rings. The predicted octanol–water partition coefficient (Wildman–Crippen LogP) is 2.42. The zero-order chi connectivity index (χ0) is 21.4. The number of nitrogens with two attached hydrogens (primary N) is 1. The van der Waals surface area contributed by atoms with Crippen molar-refractivity contribution in [3.05, 3.63) is 35.9 Å². The van der Waals surface area contributed by atoms with E-state index in [4.69, 9.17) is 5.73 Å². The molecular weight excluding hydrogens is 388 g/mol. The fourth-order valence-corrected chi connectivity index (χ4v) is 5.43. The van der Waals surface area contributed by atoms with Crippen molar-refractivity contribution in [1.82, 2.24) is 15.1 Å². The molecule has 3 aliphatic carbocycles. The molecule has 3 N–H and O–H groups in total. The first-order valence-electron chi connectivity index (χ1n) is 12.2. The van der Waals surface area contributed by atoms with Crippen LogP contribution in [0.2, 0.25) is 0 Å². The number of benzene rings is 1. The van der Waals surface area contributed by atoms with Gasteiger partial charge in [0.2, 0.25) is 11.8 Å². The van der Waals surface area contributed by atoms with Crippen molar-refractivity contribution in [1.29, 1.82) is 0 Å². The molecule has 6 heteroatoms. The van der Waals surface area contributed by atoms with Crippen LogP contribution in [0.1, 0.15) is 63.4 Å². The highest BCUT2D eigenvalue weighted by Crippen LogP contribution is 2.38. The van der Waals surface area contributed by atoms with Crippen LogP contribution < -0.4 is 11.1 Å². The number of rotatable bonds is 7. The van der Waals surface area contributed by atoms with Gasteiger partial charge in [-0.3, -0.25) is 14.5 Å². The molecule has 2 amide bonds. The van der Waals surface area contributed by atoms with Crippen LogP contribution in [-0.2, 0) is 16.1 Å². The van der Waals surface area contributed by atoms with Gasteiger partial charge in [0, 0.05) is 43.2 Å². The molecule has 1 aliphatic heterocycles. The maximum Gasteiger partial charge on any atom is 0.243 e. The molecule has 6 nitrogen and oxygen atoms in total. The van der Waals surface area contributed by atoms with E-state index in [9.17, 15) is 9.59 Å². The van der Waals surface area contributed by atoms with Gasteiger partial charge in [0.05, 0.1) is 0 Å². The quantitative estimate of drug-likeness (QED) is 0.705. The number of hydrogen-bond acceptors (Lipinski definition) is 4. The molecule has 0 radical (unpaired) electrons. The van der Waals surface area contributed by atoms with E-state index in [2.05, 4.69) is 40.5 Å². The van der Waals surface area contributed by atoms with Gasteiger partial charge in [0.15, 0.2) is 0 Å². The Morgan fingerprint density at radius 1 is 0.968 bits per heavy atom. The number of nitrogens with zero attached hydrogens (tertiary/aromatic N) is 2. The normalized spacial score (nSPS) is 31.1. The van der Waals surface area contributed by atoms with E-state index in [0.717, 1.165) is 51.5 Å². The van der Waals surface area contributed by atoms with E-state index in [-0.39, 0.29) is 41.9 Å². The Kier molecular flexibility index (Phi) is 6.02. The van der Waals surface area contributed by atoms with E-state index < -0.39 is 0 Å². The van der Waals surface area contributed by atoms with Crippen LogP contribution in [0, 0.1) is 5.92 Å². The number of likely N-dealkylation sites (tertiary alicyclic amines) is 1. The molecule has 168 valence electrons. The number of carbonyl (C=O) groups excluding carboxylic acids is 2. The van der Waals surface area contributed by atoms with Gasteiger partial charge in [-0.15, -0.1) is 0 Å². The summed E-state index contributed by atoms with van der Waals surface area (Å²) in [5.41, 5.74) is 7.34. The van der Waals surface area contributed by atoms with E-state index >= 15 is 0 Å². The van der Waals surface area contributed by atoms with Crippen molar-refractivity contribution >= 4 is 11.8 Å². The van der Waals surface area contributed by atoms with Crippen LogP contribution in [0.5, 0.6) is 0 Å². The average Bonchev–Trinajstić information content (AvgIpc) is 3.71. The van der Waals surface area contributed by atoms with Gasteiger partial charge in [0.1, 0.15) is 6.04 Å². The maximum absolute atomic E-state index is 13.3. The lowest BCUT2D eigenvalue weighted by atomic mass is 9.91. The Balaban J connectivity index is 1.29. The number of hydrogen-bond donors (Lipinski definition) is 2. The van der Waals surface area contributed by atoms with E-state index in [0.29, 0.717) is 12.6 Å². The van der Waals surface area contributed by atoms with Gasteiger partial charge in [-0.1, -0.05) is 30.3 Å². The van der Waals surface area contributed by atoms with Crippen molar-refractivity contribution in [2.75, 3.05) is 6.54 Å². The van der Waals surface area contributed by atoms with E-state index in [1.807, 2.05) is 4.90 Å². The smallest absolute Gasteiger partial charge is 0.243 e. The molecule has 1 heterocycles. The average molecular weight is 425 g/mol. The monoisotopic (exact) mass is 424 g/mol. The summed E-state index contributed by atoms with van der Waals surface area (Å²) in [6.45, 7) is 1.59. The lowest BCUT2D eigenvalue weighted by Gasteiger charge is -2.30.